The first-order chi connectivity index (χ1) is 9.74. The van der Waals surface area contributed by atoms with Crippen molar-refractivity contribution in [1.29, 1.82) is 0 Å². The molecular weight excluding hydrogens is 250 g/mol. The van der Waals surface area contributed by atoms with Gasteiger partial charge in [0.1, 0.15) is 0 Å². The minimum absolute atomic E-state index is 0.0713. The summed E-state index contributed by atoms with van der Waals surface area (Å²) in [4.78, 5) is 0. The minimum atomic E-state index is 0.0713. The summed E-state index contributed by atoms with van der Waals surface area (Å²) < 4.78 is 5.53. The van der Waals surface area contributed by atoms with Crippen LogP contribution in [-0.2, 0) is 0 Å². The standard InChI is InChI=1S/C16H21N3O/c1-11(16-19-18-12(2)20-16)17-15(14-9-6-10-14)13-7-4-3-5-8-13/h3-5,7-8,11,14-15,17H,6,9-10H2,1-2H3/t11-,15+/m0/s1. The summed E-state index contributed by atoms with van der Waals surface area (Å²) >= 11 is 0. The minimum Gasteiger partial charge on any atom is -0.424 e. The number of benzene rings is 1. The quantitative estimate of drug-likeness (QED) is 0.903. The van der Waals surface area contributed by atoms with Gasteiger partial charge in [-0.2, -0.15) is 0 Å². The molecule has 2 atom stereocenters. The Labute approximate surface area is 119 Å². The smallest absolute Gasteiger partial charge is 0.233 e. The Hall–Kier alpha value is -1.68. The van der Waals surface area contributed by atoms with E-state index in [4.69, 9.17) is 4.42 Å². The van der Waals surface area contributed by atoms with Gasteiger partial charge in [0.05, 0.1) is 6.04 Å². The van der Waals surface area contributed by atoms with E-state index in [0.29, 0.717) is 23.7 Å². The zero-order valence-electron chi connectivity index (χ0n) is 12.0. The summed E-state index contributed by atoms with van der Waals surface area (Å²) in [5.74, 6) is 2.00. The third-order valence-corrected chi connectivity index (χ3v) is 4.12. The van der Waals surface area contributed by atoms with Crippen LogP contribution in [0.25, 0.3) is 0 Å². The van der Waals surface area contributed by atoms with Gasteiger partial charge in [-0.3, -0.25) is 5.32 Å². The fraction of sp³-hybridized carbons (Fsp3) is 0.500. The van der Waals surface area contributed by atoms with Crippen LogP contribution in [0.2, 0.25) is 0 Å². The molecule has 0 aliphatic heterocycles. The molecular formula is C16H21N3O. The second-order valence-corrected chi connectivity index (χ2v) is 5.63. The summed E-state index contributed by atoms with van der Waals surface area (Å²) in [6.45, 7) is 3.91. The van der Waals surface area contributed by atoms with E-state index in [1.807, 2.05) is 6.92 Å². The number of aryl methyl sites for hydroxylation is 1. The normalized spacial score (nSPS) is 18.5. The lowest BCUT2D eigenvalue weighted by atomic mass is 9.77. The van der Waals surface area contributed by atoms with Gasteiger partial charge in [-0.25, -0.2) is 0 Å². The van der Waals surface area contributed by atoms with Gasteiger partial charge in [0, 0.05) is 13.0 Å². The lowest BCUT2D eigenvalue weighted by Gasteiger charge is -2.36. The van der Waals surface area contributed by atoms with Gasteiger partial charge < -0.3 is 4.42 Å². The molecule has 0 amide bonds. The molecule has 0 spiro atoms. The van der Waals surface area contributed by atoms with Gasteiger partial charge in [-0.15, -0.1) is 10.2 Å². The molecule has 1 aromatic carbocycles. The van der Waals surface area contributed by atoms with E-state index < -0.39 is 0 Å². The zero-order chi connectivity index (χ0) is 13.9. The van der Waals surface area contributed by atoms with E-state index in [1.54, 1.807) is 0 Å². The Morgan fingerprint density at radius 3 is 2.50 bits per heavy atom. The van der Waals surface area contributed by atoms with Crippen LogP contribution in [0.5, 0.6) is 0 Å². The summed E-state index contributed by atoms with van der Waals surface area (Å²) in [6, 6.07) is 11.1. The van der Waals surface area contributed by atoms with Crippen molar-refractivity contribution in [3.05, 3.63) is 47.7 Å². The molecule has 2 aromatic rings. The van der Waals surface area contributed by atoms with Crippen molar-refractivity contribution in [3.8, 4) is 0 Å². The van der Waals surface area contributed by atoms with Gasteiger partial charge in [0.15, 0.2) is 0 Å². The molecule has 1 saturated carbocycles. The first kappa shape index (κ1) is 13.3. The van der Waals surface area contributed by atoms with Crippen LogP contribution in [0.4, 0.5) is 0 Å². The van der Waals surface area contributed by atoms with Crippen molar-refractivity contribution in [2.75, 3.05) is 0 Å². The average Bonchev–Trinajstić information content (AvgIpc) is 2.84. The Morgan fingerprint density at radius 1 is 1.20 bits per heavy atom. The molecule has 1 aliphatic carbocycles. The third-order valence-electron chi connectivity index (χ3n) is 4.12. The molecule has 3 rings (SSSR count). The summed E-state index contributed by atoms with van der Waals surface area (Å²) in [5.41, 5.74) is 1.35. The topological polar surface area (TPSA) is 51.0 Å². The van der Waals surface area contributed by atoms with Crippen molar-refractivity contribution in [2.24, 2.45) is 5.92 Å². The second kappa shape index (κ2) is 5.75. The van der Waals surface area contributed by atoms with Crippen LogP contribution in [0.1, 0.15) is 55.6 Å². The van der Waals surface area contributed by atoms with Gasteiger partial charge in [0.2, 0.25) is 11.8 Å². The molecule has 0 radical (unpaired) electrons. The van der Waals surface area contributed by atoms with Gasteiger partial charge in [-0.1, -0.05) is 36.8 Å². The number of hydrogen-bond donors (Lipinski definition) is 1. The molecule has 4 nitrogen and oxygen atoms in total. The first-order valence-corrected chi connectivity index (χ1v) is 7.35. The van der Waals surface area contributed by atoms with Crippen molar-refractivity contribution < 1.29 is 4.42 Å². The maximum atomic E-state index is 5.53. The predicted octanol–water partition coefficient (Wildman–Crippen LogP) is 3.57. The molecule has 1 N–H and O–H groups in total. The molecule has 1 aliphatic rings. The van der Waals surface area contributed by atoms with Crippen molar-refractivity contribution in [3.63, 3.8) is 0 Å². The van der Waals surface area contributed by atoms with Crippen LogP contribution >= 0.6 is 0 Å². The Bertz CT molecular complexity index is 548. The number of hydrogen-bond acceptors (Lipinski definition) is 4. The Morgan fingerprint density at radius 2 is 1.95 bits per heavy atom. The van der Waals surface area contributed by atoms with E-state index in [1.165, 1.54) is 24.8 Å². The number of aromatic nitrogens is 2. The fourth-order valence-electron chi connectivity index (χ4n) is 2.77. The summed E-state index contributed by atoms with van der Waals surface area (Å²) in [7, 11) is 0. The molecule has 1 aromatic heterocycles. The van der Waals surface area contributed by atoms with E-state index in [9.17, 15) is 0 Å². The molecule has 1 heterocycles. The SMILES string of the molecule is Cc1nnc([C@H](C)N[C@H](c2ccccc2)C2CCC2)o1. The summed E-state index contributed by atoms with van der Waals surface area (Å²) in [6.07, 6.45) is 3.92. The molecule has 0 bridgehead atoms. The van der Waals surface area contributed by atoms with Crippen LogP contribution in [0.15, 0.2) is 34.7 Å². The van der Waals surface area contributed by atoms with Gasteiger partial charge >= 0.3 is 0 Å². The van der Waals surface area contributed by atoms with Crippen molar-refractivity contribution in [2.45, 2.75) is 45.2 Å². The lowest BCUT2D eigenvalue weighted by Crippen LogP contribution is -2.34. The van der Waals surface area contributed by atoms with Crippen LogP contribution in [-0.4, -0.2) is 10.2 Å². The average molecular weight is 271 g/mol. The van der Waals surface area contributed by atoms with E-state index in [0.717, 1.165) is 0 Å². The highest BCUT2D eigenvalue weighted by atomic mass is 16.4. The first-order valence-electron chi connectivity index (χ1n) is 7.35. The molecule has 1 fully saturated rings. The van der Waals surface area contributed by atoms with E-state index in [-0.39, 0.29) is 6.04 Å². The predicted molar refractivity (Wildman–Crippen MR) is 77.1 cm³/mol. The van der Waals surface area contributed by atoms with Crippen LogP contribution in [0.3, 0.4) is 0 Å². The van der Waals surface area contributed by atoms with Crippen molar-refractivity contribution in [1.82, 2.24) is 15.5 Å². The maximum absolute atomic E-state index is 5.53. The molecule has 106 valence electrons. The molecule has 4 heteroatoms. The molecule has 0 unspecified atom stereocenters. The molecule has 0 saturated heterocycles. The van der Waals surface area contributed by atoms with E-state index >= 15 is 0 Å². The summed E-state index contributed by atoms with van der Waals surface area (Å²) in [5, 5.41) is 11.7. The van der Waals surface area contributed by atoms with Crippen molar-refractivity contribution >= 4 is 0 Å². The maximum Gasteiger partial charge on any atom is 0.233 e. The monoisotopic (exact) mass is 271 g/mol. The number of nitrogens with zero attached hydrogens (tertiary/aromatic N) is 2. The lowest BCUT2D eigenvalue weighted by molar-refractivity contribution is 0.211. The largest absolute Gasteiger partial charge is 0.424 e. The Balaban J connectivity index is 1.76. The van der Waals surface area contributed by atoms with Crippen LogP contribution < -0.4 is 5.32 Å². The highest BCUT2D eigenvalue weighted by molar-refractivity contribution is 5.20. The van der Waals surface area contributed by atoms with Crippen LogP contribution in [0, 0.1) is 12.8 Å². The fourth-order valence-corrected chi connectivity index (χ4v) is 2.77. The third kappa shape index (κ3) is 2.75. The van der Waals surface area contributed by atoms with E-state index in [2.05, 4.69) is 52.8 Å². The number of rotatable bonds is 5. The zero-order valence-corrected chi connectivity index (χ0v) is 12.0. The number of nitrogens with one attached hydrogen (secondary N) is 1. The van der Waals surface area contributed by atoms with Gasteiger partial charge in [-0.05, 0) is 31.2 Å². The Kier molecular flexibility index (Phi) is 3.83. The second-order valence-electron chi connectivity index (χ2n) is 5.63. The molecule has 20 heavy (non-hydrogen) atoms. The highest BCUT2D eigenvalue weighted by Gasteiger charge is 2.30. The van der Waals surface area contributed by atoms with Gasteiger partial charge in [0.25, 0.3) is 0 Å². The highest BCUT2D eigenvalue weighted by Crippen LogP contribution is 2.38.